The lowest BCUT2D eigenvalue weighted by molar-refractivity contribution is 0.0558. The van der Waals surface area contributed by atoms with Crippen molar-refractivity contribution in [1.82, 2.24) is 5.32 Å². The molecule has 3 nitrogen and oxygen atoms in total. The molecular weight excluding hydrogens is 190 g/mol. The maximum atomic E-state index is 9.29. The van der Waals surface area contributed by atoms with Crippen LogP contribution in [0, 0.1) is 0 Å². The van der Waals surface area contributed by atoms with Crippen LogP contribution >= 0.6 is 0 Å². The molecule has 0 heterocycles. The van der Waals surface area contributed by atoms with E-state index in [1.54, 1.807) is 7.11 Å². The van der Waals surface area contributed by atoms with Crippen molar-refractivity contribution >= 4 is 0 Å². The van der Waals surface area contributed by atoms with Crippen molar-refractivity contribution in [3.8, 4) is 0 Å². The van der Waals surface area contributed by atoms with Gasteiger partial charge in [0.15, 0.2) is 0 Å². The molecule has 3 heteroatoms. The number of aliphatic hydroxyl groups excluding tert-OH is 1. The number of hydrogen-bond acceptors (Lipinski definition) is 3. The molecule has 0 aromatic carbocycles. The third-order valence-corrected chi connectivity index (χ3v) is 3.17. The lowest BCUT2D eigenvalue weighted by Gasteiger charge is -2.31. The third-order valence-electron chi connectivity index (χ3n) is 3.17. The first-order valence-corrected chi connectivity index (χ1v) is 6.08. The molecule has 1 aliphatic carbocycles. The van der Waals surface area contributed by atoms with Gasteiger partial charge < -0.3 is 15.2 Å². The number of hydrogen-bond donors (Lipinski definition) is 2. The highest BCUT2D eigenvalue weighted by Gasteiger charge is 2.22. The predicted octanol–water partition coefficient (Wildman–Crippen LogP) is 1.69. The van der Waals surface area contributed by atoms with Gasteiger partial charge in [-0.15, -0.1) is 0 Å². The lowest BCUT2D eigenvalue weighted by atomic mass is 9.92. The van der Waals surface area contributed by atoms with E-state index < -0.39 is 0 Å². The molecular formula is C12H25NO2. The summed E-state index contributed by atoms with van der Waals surface area (Å²) in [5, 5.41) is 12.9. The van der Waals surface area contributed by atoms with E-state index in [-0.39, 0.29) is 6.10 Å². The van der Waals surface area contributed by atoms with Gasteiger partial charge in [0, 0.05) is 19.2 Å². The summed E-state index contributed by atoms with van der Waals surface area (Å²) >= 11 is 0. The average molecular weight is 215 g/mol. The molecule has 0 amide bonds. The standard InChI is InChI=1S/C12H25NO2/c1-9(7-10(2)14)13-11-5-4-6-12(8-11)15-3/h9-14H,4-8H2,1-3H3. The molecule has 15 heavy (non-hydrogen) atoms. The van der Waals surface area contributed by atoms with Crippen LogP contribution in [0.2, 0.25) is 0 Å². The Hall–Kier alpha value is -0.120. The van der Waals surface area contributed by atoms with Gasteiger partial charge in [-0.2, -0.15) is 0 Å². The summed E-state index contributed by atoms with van der Waals surface area (Å²) in [6, 6.07) is 0.961. The fraction of sp³-hybridized carbons (Fsp3) is 1.00. The van der Waals surface area contributed by atoms with Crippen LogP contribution in [0.1, 0.15) is 46.0 Å². The first-order chi connectivity index (χ1) is 7.11. The molecule has 1 fully saturated rings. The first-order valence-electron chi connectivity index (χ1n) is 6.08. The second kappa shape index (κ2) is 6.46. The van der Waals surface area contributed by atoms with Crippen LogP contribution in [0.3, 0.4) is 0 Å². The highest BCUT2D eigenvalue weighted by atomic mass is 16.5. The van der Waals surface area contributed by atoms with E-state index in [1.807, 2.05) is 6.92 Å². The molecule has 0 saturated heterocycles. The van der Waals surface area contributed by atoms with Crippen molar-refractivity contribution in [1.29, 1.82) is 0 Å². The van der Waals surface area contributed by atoms with Gasteiger partial charge in [0.1, 0.15) is 0 Å². The Labute approximate surface area is 93.2 Å². The largest absolute Gasteiger partial charge is 0.393 e. The van der Waals surface area contributed by atoms with Crippen molar-refractivity contribution in [3.05, 3.63) is 0 Å². The summed E-state index contributed by atoms with van der Waals surface area (Å²) in [5.41, 5.74) is 0. The molecule has 2 N–H and O–H groups in total. The van der Waals surface area contributed by atoms with Gasteiger partial charge in [0.25, 0.3) is 0 Å². The Morgan fingerprint density at radius 3 is 2.73 bits per heavy atom. The molecule has 0 aromatic heterocycles. The summed E-state index contributed by atoms with van der Waals surface area (Å²) in [5.74, 6) is 0. The Kier molecular flexibility index (Phi) is 5.58. The minimum Gasteiger partial charge on any atom is -0.393 e. The maximum absolute atomic E-state index is 9.29. The molecule has 1 aliphatic rings. The Morgan fingerprint density at radius 2 is 2.13 bits per heavy atom. The van der Waals surface area contributed by atoms with Crippen LogP contribution in [0.25, 0.3) is 0 Å². The minimum atomic E-state index is -0.214. The molecule has 0 radical (unpaired) electrons. The topological polar surface area (TPSA) is 41.5 Å². The van der Waals surface area contributed by atoms with Gasteiger partial charge in [0.05, 0.1) is 12.2 Å². The van der Waals surface area contributed by atoms with Crippen LogP contribution in [0.15, 0.2) is 0 Å². The molecule has 1 rings (SSSR count). The summed E-state index contributed by atoms with van der Waals surface area (Å²) in [7, 11) is 1.80. The quantitative estimate of drug-likeness (QED) is 0.733. The van der Waals surface area contributed by atoms with Crippen molar-refractivity contribution in [3.63, 3.8) is 0 Å². The van der Waals surface area contributed by atoms with Gasteiger partial charge in [-0.05, 0) is 46.0 Å². The van der Waals surface area contributed by atoms with Gasteiger partial charge in [0.2, 0.25) is 0 Å². The van der Waals surface area contributed by atoms with Crippen molar-refractivity contribution in [2.75, 3.05) is 7.11 Å². The number of nitrogens with one attached hydrogen (secondary N) is 1. The number of rotatable bonds is 5. The van der Waals surface area contributed by atoms with Crippen LogP contribution in [-0.2, 0) is 4.74 Å². The van der Waals surface area contributed by atoms with E-state index in [4.69, 9.17) is 4.74 Å². The summed E-state index contributed by atoms with van der Waals surface area (Å²) in [4.78, 5) is 0. The van der Waals surface area contributed by atoms with Crippen LogP contribution in [0.5, 0.6) is 0 Å². The fourth-order valence-corrected chi connectivity index (χ4v) is 2.49. The highest BCUT2D eigenvalue weighted by Crippen LogP contribution is 2.21. The van der Waals surface area contributed by atoms with Crippen LogP contribution < -0.4 is 5.32 Å². The normalized spacial score (nSPS) is 31.2. The maximum Gasteiger partial charge on any atom is 0.0586 e. The average Bonchev–Trinajstić information content (AvgIpc) is 2.16. The Balaban J connectivity index is 2.25. The molecule has 4 unspecified atom stereocenters. The van der Waals surface area contributed by atoms with E-state index in [0.717, 1.165) is 12.8 Å². The zero-order valence-corrected chi connectivity index (χ0v) is 10.2. The zero-order chi connectivity index (χ0) is 11.3. The van der Waals surface area contributed by atoms with Gasteiger partial charge in [-0.25, -0.2) is 0 Å². The summed E-state index contributed by atoms with van der Waals surface area (Å²) in [6.07, 6.45) is 5.83. The highest BCUT2D eigenvalue weighted by molar-refractivity contribution is 4.80. The van der Waals surface area contributed by atoms with E-state index in [2.05, 4.69) is 12.2 Å². The number of aliphatic hydroxyl groups is 1. The molecule has 4 atom stereocenters. The smallest absolute Gasteiger partial charge is 0.0586 e. The molecule has 0 aromatic rings. The van der Waals surface area contributed by atoms with E-state index in [1.165, 1.54) is 19.3 Å². The number of methoxy groups -OCH3 is 1. The zero-order valence-electron chi connectivity index (χ0n) is 10.2. The second-order valence-corrected chi connectivity index (χ2v) is 4.87. The summed E-state index contributed by atoms with van der Waals surface area (Å²) < 4.78 is 5.39. The van der Waals surface area contributed by atoms with E-state index >= 15 is 0 Å². The summed E-state index contributed by atoms with van der Waals surface area (Å²) in [6.45, 7) is 3.99. The SMILES string of the molecule is COC1CCCC(NC(C)CC(C)O)C1. The van der Waals surface area contributed by atoms with E-state index in [0.29, 0.717) is 18.2 Å². The molecule has 0 aliphatic heterocycles. The molecule has 0 bridgehead atoms. The monoisotopic (exact) mass is 215 g/mol. The Bertz CT molecular complexity index is 173. The van der Waals surface area contributed by atoms with Gasteiger partial charge in [-0.3, -0.25) is 0 Å². The molecule has 0 spiro atoms. The predicted molar refractivity (Wildman–Crippen MR) is 61.9 cm³/mol. The fourth-order valence-electron chi connectivity index (χ4n) is 2.49. The van der Waals surface area contributed by atoms with Crippen molar-refractivity contribution < 1.29 is 9.84 Å². The van der Waals surface area contributed by atoms with Gasteiger partial charge in [-0.1, -0.05) is 0 Å². The molecule has 1 saturated carbocycles. The van der Waals surface area contributed by atoms with Crippen LogP contribution in [0.4, 0.5) is 0 Å². The minimum absolute atomic E-state index is 0.214. The van der Waals surface area contributed by atoms with Crippen molar-refractivity contribution in [2.45, 2.75) is 70.2 Å². The van der Waals surface area contributed by atoms with E-state index in [9.17, 15) is 5.11 Å². The lowest BCUT2D eigenvalue weighted by Crippen LogP contribution is -2.42. The molecule has 90 valence electrons. The van der Waals surface area contributed by atoms with Crippen LogP contribution in [-0.4, -0.2) is 36.5 Å². The second-order valence-electron chi connectivity index (χ2n) is 4.87. The first kappa shape index (κ1) is 12.9. The van der Waals surface area contributed by atoms with Crippen molar-refractivity contribution in [2.24, 2.45) is 0 Å². The third kappa shape index (κ3) is 4.96. The Morgan fingerprint density at radius 1 is 1.40 bits per heavy atom. The number of ether oxygens (including phenoxy) is 1. The van der Waals surface area contributed by atoms with Gasteiger partial charge >= 0.3 is 0 Å².